The molecule has 1 aromatic carbocycles. The van der Waals surface area contributed by atoms with Gasteiger partial charge < -0.3 is 5.32 Å². The number of halogens is 1. The first-order valence-electron chi connectivity index (χ1n) is 6.13. The number of aryl methyl sites for hydroxylation is 1. The maximum atomic E-state index is 13.1. The van der Waals surface area contributed by atoms with Crippen LogP contribution >= 0.6 is 0 Å². The predicted molar refractivity (Wildman–Crippen MR) is 64.8 cm³/mol. The Morgan fingerprint density at radius 3 is 2.69 bits per heavy atom. The van der Waals surface area contributed by atoms with E-state index in [1.54, 1.807) is 12.1 Å². The van der Waals surface area contributed by atoms with Crippen molar-refractivity contribution in [3.8, 4) is 0 Å². The number of benzene rings is 1. The van der Waals surface area contributed by atoms with Crippen LogP contribution in [0.5, 0.6) is 0 Å². The average Bonchev–Trinajstić information content (AvgIpc) is 2.93. The first kappa shape index (κ1) is 11.6. The highest BCUT2D eigenvalue weighted by Gasteiger charge is 2.40. The fourth-order valence-corrected chi connectivity index (χ4v) is 2.52. The van der Waals surface area contributed by atoms with E-state index >= 15 is 0 Å². The first-order chi connectivity index (χ1) is 7.63. The smallest absolute Gasteiger partial charge is 0.123 e. The third-order valence-electron chi connectivity index (χ3n) is 3.59. The Hall–Kier alpha value is -0.890. The third kappa shape index (κ3) is 2.27. The maximum Gasteiger partial charge on any atom is 0.123 e. The molecule has 3 unspecified atom stereocenters. The highest BCUT2D eigenvalue weighted by Crippen LogP contribution is 2.47. The van der Waals surface area contributed by atoms with Gasteiger partial charge in [-0.3, -0.25) is 0 Å². The lowest BCUT2D eigenvalue weighted by atomic mass is 9.96. The van der Waals surface area contributed by atoms with Crippen LogP contribution in [0, 0.1) is 24.6 Å². The molecule has 0 aliphatic heterocycles. The summed E-state index contributed by atoms with van der Waals surface area (Å²) in [5, 5.41) is 3.53. The molecule has 1 aliphatic rings. The number of hydrogen-bond acceptors (Lipinski definition) is 1. The van der Waals surface area contributed by atoms with Gasteiger partial charge >= 0.3 is 0 Å². The Morgan fingerprint density at radius 1 is 1.50 bits per heavy atom. The average molecular weight is 221 g/mol. The quantitative estimate of drug-likeness (QED) is 0.821. The molecule has 1 fully saturated rings. The maximum absolute atomic E-state index is 13.1. The molecule has 1 N–H and O–H groups in total. The van der Waals surface area contributed by atoms with Gasteiger partial charge in [0.2, 0.25) is 0 Å². The molecule has 16 heavy (non-hydrogen) atoms. The standard InChI is InChI=1S/C14H20FN/c1-4-16-14(13-8-10(13)3)12-6-5-11(15)7-9(12)2/h5-7,10,13-14,16H,4,8H2,1-3H3. The molecule has 0 radical (unpaired) electrons. The fraction of sp³-hybridized carbons (Fsp3) is 0.571. The van der Waals surface area contributed by atoms with Crippen LogP contribution in [0.4, 0.5) is 4.39 Å². The summed E-state index contributed by atoms with van der Waals surface area (Å²) in [6.45, 7) is 7.37. The van der Waals surface area contributed by atoms with Crippen molar-refractivity contribution in [1.29, 1.82) is 0 Å². The van der Waals surface area contributed by atoms with E-state index in [1.165, 1.54) is 12.0 Å². The molecule has 0 bridgehead atoms. The molecule has 2 rings (SSSR count). The van der Waals surface area contributed by atoms with Gasteiger partial charge in [-0.25, -0.2) is 4.39 Å². The van der Waals surface area contributed by atoms with E-state index in [9.17, 15) is 4.39 Å². The van der Waals surface area contributed by atoms with Gasteiger partial charge in [0.05, 0.1) is 0 Å². The van der Waals surface area contributed by atoms with Crippen LogP contribution in [0.2, 0.25) is 0 Å². The van der Waals surface area contributed by atoms with E-state index in [2.05, 4.69) is 19.2 Å². The van der Waals surface area contributed by atoms with Crippen molar-refractivity contribution in [2.24, 2.45) is 11.8 Å². The van der Waals surface area contributed by atoms with Gasteiger partial charge in [0.1, 0.15) is 5.82 Å². The molecule has 1 aromatic rings. The molecule has 1 aliphatic carbocycles. The fourth-order valence-electron chi connectivity index (χ4n) is 2.52. The van der Waals surface area contributed by atoms with Crippen LogP contribution in [0.3, 0.4) is 0 Å². The zero-order chi connectivity index (χ0) is 11.7. The van der Waals surface area contributed by atoms with Crippen LogP contribution in [-0.2, 0) is 0 Å². The molecular weight excluding hydrogens is 201 g/mol. The van der Waals surface area contributed by atoms with E-state index in [1.807, 2.05) is 13.0 Å². The monoisotopic (exact) mass is 221 g/mol. The predicted octanol–water partition coefficient (Wildman–Crippen LogP) is 3.44. The van der Waals surface area contributed by atoms with Crippen molar-refractivity contribution in [3.63, 3.8) is 0 Å². The lowest BCUT2D eigenvalue weighted by molar-refractivity contribution is 0.473. The van der Waals surface area contributed by atoms with E-state index in [0.717, 1.165) is 23.9 Å². The summed E-state index contributed by atoms with van der Waals surface area (Å²) in [6, 6.07) is 5.54. The van der Waals surface area contributed by atoms with Crippen molar-refractivity contribution in [2.45, 2.75) is 33.2 Å². The summed E-state index contributed by atoms with van der Waals surface area (Å²) in [5.74, 6) is 1.39. The molecule has 0 spiro atoms. The van der Waals surface area contributed by atoms with Crippen LogP contribution in [0.25, 0.3) is 0 Å². The molecule has 1 saturated carbocycles. The van der Waals surface area contributed by atoms with Crippen molar-refractivity contribution in [2.75, 3.05) is 6.54 Å². The first-order valence-corrected chi connectivity index (χ1v) is 6.13. The van der Waals surface area contributed by atoms with Gasteiger partial charge in [0, 0.05) is 6.04 Å². The molecular formula is C14H20FN. The van der Waals surface area contributed by atoms with Gasteiger partial charge in [-0.05, 0) is 55.0 Å². The zero-order valence-corrected chi connectivity index (χ0v) is 10.3. The summed E-state index contributed by atoms with van der Waals surface area (Å²) in [7, 11) is 0. The minimum atomic E-state index is -0.139. The second kappa shape index (κ2) is 4.54. The van der Waals surface area contributed by atoms with Crippen LogP contribution in [-0.4, -0.2) is 6.54 Å². The normalized spacial score (nSPS) is 25.5. The Bertz CT molecular complexity index is 375. The molecule has 88 valence electrons. The Morgan fingerprint density at radius 2 is 2.19 bits per heavy atom. The highest BCUT2D eigenvalue weighted by molar-refractivity contribution is 5.31. The van der Waals surface area contributed by atoms with E-state index < -0.39 is 0 Å². The summed E-state index contributed by atoms with van der Waals surface area (Å²) in [4.78, 5) is 0. The van der Waals surface area contributed by atoms with Gasteiger partial charge in [0.15, 0.2) is 0 Å². The molecule has 1 nitrogen and oxygen atoms in total. The molecule has 3 atom stereocenters. The lowest BCUT2D eigenvalue weighted by Crippen LogP contribution is -2.24. The minimum absolute atomic E-state index is 0.139. The highest BCUT2D eigenvalue weighted by atomic mass is 19.1. The van der Waals surface area contributed by atoms with Gasteiger partial charge in [-0.1, -0.05) is 19.9 Å². The van der Waals surface area contributed by atoms with Gasteiger partial charge in [-0.15, -0.1) is 0 Å². The summed E-state index contributed by atoms with van der Waals surface area (Å²) < 4.78 is 13.1. The SMILES string of the molecule is CCNC(c1ccc(F)cc1C)C1CC1C. The van der Waals surface area contributed by atoms with Crippen LogP contribution < -0.4 is 5.32 Å². The van der Waals surface area contributed by atoms with Crippen LogP contribution in [0.15, 0.2) is 18.2 Å². The van der Waals surface area contributed by atoms with Gasteiger partial charge in [0.25, 0.3) is 0 Å². The lowest BCUT2D eigenvalue weighted by Gasteiger charge is -2.20. The van der Waals surface area contributed by atoms with Gasteiger partial charge in [-0.2, -0.15) is 0 Å². The minimum Gasteiger partial charge on any atom is -0.310 e. The number of nitrogens with one attached hydrogen (secondary N) is 1. The van der Waals surface area contributed by atoms with Crippen molar-refractivity contribution < 1.29 is 4.39 Å². The Labute approximate surface area is 97.1 Å². The van der Waals surface area contributed by atoms with Crippen molar-refractivity contribution in [1.82, 2.24) is 5.32 Å². The van der Waals surface area contributed by atoms with Crippen molar-refractivity contribution in [3.05, 3.63) is 35.1 Å². The van der Waals surface area contributed by atoms with E-state index in [-0.39, 0.29) is 5.82 Å². The molecule has 0 heterocycles. The zero-order valence-electron chi connectivity index (χ0n) is 10.3. The summed E-state index contributed by atoms with van der Waals surface area (Å²) in [6.07, 6.45) is 1.29. The van der Waals surface area contributed by atoms with E-state index in [4.69, 9.17) is 0 Å². The summed E-state index contributed by atoms with van der Waals surface area (Å²) >= 11 is 0. The second-order valence-electron chi connectivity index (χ2n) is 4.91. The molecule has 0 amide bonds. The molecule has 0 saturated heterocycles. The number of hydrogen-bond donors (Lipinski definition) is 1. The van der Waals surface area contributed by atoms with E-state index in [0.29, 0.717) is 6.04 Å². The second-order valence-corrected chi connectivity index (χ2v) is 4.91. The Kier molecular flexibility index (Phi) is 3.29. The largest absolute Gasteiger partial charge is 0.310 e. The molecule has 2 heteroatoms. The topological polar surface area (TPSA) is 12.0 Å². The van der Waals surface area contributed by atoms with Crippen molar-refractivity contribution >= 4 is 0 Å². The summed E-state index contributed by atoms with van der Waals surface area (Å²) in [5.41, 5.74) is 2.32. The molecule has 0 aromatic heterocycles. The number of rotatable bonds is 4. The Balaban J connectivity index is 2.24. The third-order valence-corrected chi connectivity index (χ3v) is 3.59. The van der Waals surface area contributed by atoms with Crippen LogP contribution in [0.1, 0.15) is 37.4 Å².